The molecule has 0 aromatic heterocycles. The Labute approximate surface area is 178 Å². The van der Waals surface area contributed by atoms with Gasteiger partial charge in [0.2, 0.25) is 11.8 Å². The van der Waals surface area contributed by atoms with Crippen molar-refractivity contribution in [2.45, 2.75) is 38.5 Å². The Morgan fingerprint density at radius 3 is 2.00 bits per heavy atom. The van der Waals surface area contributed by atoms with Crippen LogP contribution in [0.1, 0.15) is 38.5 Å². The van der Waals surface area contributed by atoms with Crippen LogP contribution >= 0.6 is 35.9 Å². The molecule has 0 bridgehead atoms. The Hall–Kier alpha value is -0.110. The molecule has 0 aromatic rings. The molecular weight excluding hydrogens is 402 g/mol. The monoisotopic (exact) mass is 435 g/mol. The fraction of sp³-hybridized carbons (Fsp3) is 0.895. The highest BCUT2D eigenvalue weighted by Gasteiger charge is 2.43. The van der Waals surface area contributed by atoms with Gasteiger partial charge in [0.1, 0.15) is 0 Å². The van der Waals surface area contributed by atoms with Crippen LogP contribution in [0, 0.1) is 17.3 Å². The van der Waals surface area contributed by atoms with Crippen molar-refractivity contribution >= 4 is 47.7 Å². The summed E-state index contributed by atoms with van der Waals surface area (Å²) in [5.41, 5.74) is -0.560. The molecule has 3 saturated heterocycles. The van der Waals surface area contributed by atoms with Crippen molar-refractivity contribution in [1.82, 2.24) is 16.0 Å². The van der Waals surface area contributed by atoms with Crippen LogP contribution in [0.2, 0.25) is 0 Å². The number of rotatable bonds is 7. The number of carbonyl (C=O) groups is 2. The lowest BCUT2D eigenvalue weighted by atomic mass is 9.82. The molecule has 8 heteroatoms. The van der Waals surface area contributed by atoms with E-state index in [-0.39, 0.29) is 24.2 Å². The number of nitrogens with one attached hydrogen (secondary N) is 3. The topological polar surface area (TPSA) is 70.2 Å². The molecule has 3 heterocycles. The minimum Gasteiger partial charge on any atom is -0.356 e. The van der Waals surface area contributed by atoms with Crippen molar-refractivity contribution in [3.63, 3.8) is 0 Å². The third-order valence-corrected chi connectivity index (χ3v) is 8.14. The molecule has 0 aliphatic carbocycles. The fourth-order valence-electron chi connectivity index (χ4n) is 4.12. The first-order valence-corrected chi connectivity index (χ1v) is 12.4. The molecule has 5 nitrogen and oxygen atoms in total. The average Bonchev–Trinajstić information content (AvgIpc) is 3.16. The molecule has 0 spiro atoms. The standard InChI is InChI=1S/C19H33N3O2S2.ClH/c23-17(21-12-15-1-7-25-8-2-15)11-19(5-6-20-14-19)18(24)22-13-16-3-9-26-10-4-16;/h15-16,20H,1-14H2,(H,21,23)(H,22,24);1H. The summed E-state index contributed by atoms with van der Waals surface area (Å²) < 4.78 is 0. The maximum atomic E-state index is 12.9. The van der Waals surface area contributed by atoms with Crippen LogP contribution in [0.3, 0.4) is 0 Å². The largest absolute Gasteiger partial charge is 0.356 e. The van der Waals surface area contributed by atoms with E-state index in [1.807, 2.05) is 23.5 Å². The van der Waals surface area contributed by atoms with Crippen LogP contribution in [-0.4, -0.2) is 61.0 Å². The van der Waals surface area contributed by atoms with Gasteiger partial charge in [0.25, 0.3) is 0 Å². The van der Waals surface area contributed by atoms with Gasteiger partial charge < -0.3 is 16.0 Å². The molecule has 156 valence electrons. The minimum absolute atomic E-state index is 0. The molecule has 0 aromatic carbocycles. The lowest BCUT2D eigenvalue weighted by Crippen LogP contribution is -2.47. The molecule has 0 saturated carbocycles. The summed E-state index contributed by atoms with van der Waals surface area (Å²) in [6, 6.07) is 0. The molecule has 1 unspecified atom stereocenters. The van der Waals surface area contributed by atoms with Crippen LogP contribution in [0.4, 0.5) is 0 Å². The summed E-state index contributed by atoms with van der Waals surface area (Å²) in [7, 11) is 0. The number of hydrogen-bond acceptors (Lipinski definition) is 5. The number of hydrogen-bond donors (Lipinski definition) is 3. The van der Waals surface area contributed by atoms with E-state index in [4.69, 9.17) is 0 Å². The third-order valence-electron chi connectivity index (χ3n) is 6.05. The first kappa shape index (κ1) is 23.2. The molecule has 0 radical (unpaired) electrons. The van der Waals surface area contributed by atoms with Crippen LogP contribution < -0.4 is 16.0 Å². The van der Waals surface area contributed by atoms with Gasteiger partial charge in [-0.05, 0) is 73.5 Å². The number of carbonyl (C=O) groups excluding carboxylic acids is 2. The highest BCUT2D eigenvalue weighted by Crippen LogP contribution is 2.31. The third kappa shape index (κ3) is 7.02. The van der Waals surface area contributed by atoms with Gasteiger partial charge in [-0.1, -0.05) is 0 Å². The van der Waals surface area contributed by atoms with Crippen molar-refractivity contribution in [2.75, 3.05) is 49.2 Å². The SMILES string of the molecule is Cl.O=C(CC1(C(=O)NCC2CCSCC2)CCNC1)NCC1CCSCC1. The van der Waals surface area contributed by atoms with Crippen molar-refractivity contribution < 1.29 is 9.59 Å². The van der Waals surface area contributed by atoms with Gasteiger partial charge in [0.05, 0.1) is 5.41 Å². The molecule has 3 aliphatic heterocycles. The van der Waals surface area contributed by atoms with Gasteiger partial charge >= 0.3 is 0 Å². The number of halogens is 1. The molecule has 27 heavy (non-hydrogen) atoms. The Morgan fingerprint density at radius 1 is 0.926 bits per heavy atom. The molecule has 1 atom stereocenters. The van der Waals surface area contributed by atoms with Crippen LogP contribution in [-0.2, 0) is 9.59 Å². The van der Waals surface area contributed by atoms with E-state index in [1.165, 1.54) is 48.7 Å². The first-order valence-electron chi connectivity index (χ1n) is 10.1. The van der Waals surface area contributed by atoms with Gasteiger partial charge in [0, 0.05) is 26.1 Å². The summed E-state index contributed by atoms with van der Waals surface area (Å²) in [6.07, 6.45) is 5.84. The zero-order valence-electron chi connectivity index (χ0n) is 16.1. The first-order chi connectivity index (χ1) is 12.7. The summed E-state index contributed by atoms with van der Waals surface area (Å²) in [5, 5.41) is 9.58. The molecular formula is C19H34ClN3O2S2. The van der Waals surface area contributed by atoms with Crippen molar-refractivity contribution in [3.05, 3.63) is 0 Å². The maximum Gasteiger partial charge on any atom is 0.228 e. The fourth-order valence-corrected chi connectivity index (χ4v) is 6.53. The normalized spacial score (nSPS) is 27.0. The zero-order chi connectivity index (χ0) is 18.2. The quantitative estimate of drug-likeness (QED) is 0.572. The van der Waals surface area contributed by atoms with E-state index in [0.717, 1.165) is 26.1 Å². The Morgan fingerprint density at radius 2 is 1.48 bits per heavy atom. The minimum atomic E-state index is -0.560. The van der Waals surface area contributed by atoms with Gasteiger partial charge in [0.15, 0.2) is 0 Å². The molecule has 2 amide bonds. The van der Waals surface area contributed by atoms with Gasteiger partial charge in [-0.2, -0.15) is 23.5 Å². The zero-order valence-corrected chi connectivity index (χ0v) is 18.5. The number of amides is 2. The van der Waals surface area contributed by atoms with Crippen molar-refractivity contribution in [1.29, 1.82) is 0 Å². The predicted octanol–water partition coefficient (Wildman–Crippen LogP) is 2.30. The van der Waals surface area contributed by atoms with Crippen LogP contribution in [0.25, 0.3) is 0 Å². The Bertz CT molecular complexity index is 478. The molecule has 3 rings (SSSR count). The molecule has 3 N–H and O–H groups in total. The van der Waals surface area contributed by atoms with Gasteiger partial charge in [-0.15, -0.1) is 12.4 Å². The van der Waals surface area contributed by atoms with Crippen molar-refractivity contribution in [2.24, 2.45) is 17.3 Å². The van der Waals surface area contributed by atoms with E-state index >= 15 is 0 Å². The lowest BCUT2D eigenvalue weighted by Gasteiger charge is -2.29. The predicted molar refractivity (Wildman–Crippen MR) is 118 cm³/mol. The highest BCUT2D eigenvalue weighted by atomic mass is 35.5. The van der Waals surface area contributed by atoms with Gasteiger partial charge in [-0.25, -0.2) is 0 Å². The second kappa shape index (κ2) is 11.8. The second-order valence-electron chi connectivity index (χ2n) is 8.01. The number of thioether (sulfide) groups is 2. The van der Waals surface area contributed by atoms with Crippen LogP contribution in [0.15, 0.2) is 0 Å². The van der Waals surface area contributed by atoms with E-state index in [2.05, 4.69) is 16.0 Å². The smallest absolute Gasteiger partial charge is 0.228 e. The van der Waals surface area contributed by atoms with Gasteiger partial charge in [-0.3, -0.25) is 9.59 Å². The van der Waals surface area contributed by atoms with Crippen LogP contribution in [0.5, 0.6) is 0 Å². The summed E-state index contributed by atoms with van der Waals surface area (Å²) in [5.74, 6) is 6.14. The highest BCUT2D eigenvalue weighted by molar-refractivity contribution is 7.99. The maximum absolute atomic E-state index is 12.9. The van der Waals surface area contributed by atoms with E-state index in [0.29, 0.717) is 24.8 Å². The lowest BCUT2D eigenvalue weighted by molar-refractivity contribution is -0.135. The second-order valence-corrected chi connectivity index (χ2v) is 10.5. The summed E-state index contributed by atoms with van der Waals surface area (Å²) in [4.78, 5) is 25.4. The average molecular weight is 436 g/mol. The summed E-state index contributed by atoms with van der Waals surface area (Å²) in [6.45, 7) is 2.97. The summed E-state index contributed by atoms with van der Waals surface area (Å²) >= 11 is 4.01. The Kier molecular flexibility index (Phi) is 10.1. The molecule has 3 fully saturated rings. The Balaban J connectivity index is 0.00000261. The molecule has 3 aliphatic rings. The van der Waals surface area contributed by atoms with E-state index < -0.39 is 5.41 Å². The van der Waals surface area contributed by atoms with Crippen molar-refractivity contribution in [3.8, 4) is 0 Å². The van der Waals surface area contributed by atoms with E-state index in [1.54, 1.807) is 0 Å². The van der Waals surface area contributed by atoms with E-state index in [9.17, 15) is 9.59 Å².